The number of benzene rings is 1. The second kappa shape index (κ2) is 10.2. The zero-order chi connectivity index (χ0) is 21.8. The fraction of sp³-hybridized carbons (Fsp3) is 0.522. The first-order valence-electron chi connectivity index (χ1n) is 11.0. The van der Waals surface area contributed by atoms with Crippen molar-refractivity contribution >= 4 is 44.2 Å². The predicted octanol–water partition coefficient (Wildman–Crippen LogP) is 5.09. The van der Waals surface area contributed by atoms with Crippen molar-refractivity contribution in [2.24, 2.45) is 0 Å². The number of aromatic nitrogens is 1. The highest BCUT2D eigenvalue weighted by Crippen LogP contribution is 2.34. The number of hydrogen-bond donors (Lipinski definition) is 1. The van der Waals surface area contributed by atoms with Crippen LogP contribution in [0.1, 0.15) is 67.0 Å². The van der Waals surface area contributed by atoms with E-state index in [1.165, 1.54) is 30.6 Å². The van der Waals surface area contributed by atoms with E-state index in [1.807, 2.05) is 29.5 Å². The van der Waals surface area contributed by atoms with E-state index in [0.29, 0.717) is 23.3 Å². The summed E-state index contributed by atoms with van der Waals surface area (Å²) < 4.78 is 0.936. The molecule has 0 radical (unpaired) electrons. The number of halogens is 1. The van der Waals surface area contributed by atoms with Gasteiger partial charge in [0.1, 0.15) is 0 Å². The summed E-state index contributed by atoms with van der Waals surface area (Å²) in [6, 6.07) is 7.78. The second-order valence-electron chi connectivity index (χ2n) is 8.46. The van der Waals surface area contributed by atoms with E-state index in [9.17, 15) is 9.59 Å². The van der Waals surface area contributed by atoms with Crippen LogP contribution < -0.4 is 5.32 Å². The second-order valence-corrected chi connectivity index (χ2v) is 10.2. The molecule has 1 unspecified atom stereocenters. The van der Waals surface area contributed by atoms with Gasteiger partial charge in [-0.05, 0) is 56.5 Å². The van der Waals surface area contributed by atoms with Gasteiger partial charge in [0.05, 0.1) is 18.3 Å². The van der Waals surface area contributed by atoms with Crippen LogP contribution in [0.5, 0.6) is 0 Å². The molecular formula is C23H29BrN4O2S. The molecule has 4 rings (SSSR count). The van der Waals surface area contributed by atoms with Crippen molar-refractivity contribution in [1.82, 2.24) is 14.8 Å². The summed E-state index contributed by atoms with van der Waals surface area (Å²) in [6.07, 6.45) is 8.04. The van der Waals surface area contributed by atoms with Gasteiger partial charge in [-0.2, -0.15) is 0 Å². The molecule has 2 fully saturated rings. The molecule has 1 saturated carbocycles. The smallest absolute Gasteiger partial charge is 0.257 e. The number of thiazole rings is 1. The lowest BCUT2D eigenvalue weighted by molar-refractivity contribution is -0.134. The molecule has 1 aromatic carbocycles. The van der Waals surface area contributed by atoms with Gasteiger partial charge in [-0.3, -0.25) is 19.8 Å². The molecule has 1 atom stereocenters. The topological polar surface area (TPSA) is 65.5 Å². The zero-order valence-corrected chi connectivity index (χ0v) is 20.3. The van der Waals surface area contributed by atoms with Gasteiger partial charge in [-0.1, -0.05) is 35.2 Å². The van der Waals surface area contributed by atoms with E-state index in [0.717, 1.165) is 42.4 Å². The van der Waals surface area contributed by atoms with Crippen LogP contribution in [0.4, 0.5) is 5.13 Å². The van der Waals surface area contributed by atoms with Crippen LogP contribution in [0.2, 0.25) is 0 Å². The minimum absolute atomic E-state index is 0.137. The molecule has 2 amide bonds. The molecule has 1 saturated heterocycles. The molecule has 2 heterocycles. The molecule has 0 spiro atoms. The lowest BCUT2D eigenvalue weighted by atomic mass is 9.94. The van der Waals surface area contributed by atoms with Crippen molar-refractivity contribution < 1.29 is 9.59 Å². The Labute approximate surface area is 196 Å². The lowest BCUT2D eigenvalue weighted by Crippen LogP contribution is -2.44. The van der Waals surface area contributed by atoms with Gasteiger partial charge < -0.3 is 4.90 Å². The zero-order valence-electron chi connectivity index (χ0n) is 17.8. The summed E-state index contributed by atoms with van der Waals surface area (Å²) in [4.78, 5) is 34.3. The Balaban J connectivity index is 1.36. The van der Waals surface area contributed by atoms with Gasteiger partial charge in [0.15, 0.2) is 5.13 Å². The minimum atomic E-state index is -0.166. The van der Waals surface area contributed by atoms with Crippen molar-refractivity contribution in [2.45, 2.75) is 57.0 Å². The van der Waals surface area contributed by atoms with Gasteiger partial charge in [-0.15, -0.1) is 11.3 Å². The Morgan fingerprint density at radius 2 is 1.90 bits per heavy atom. The van der Waals surface area contributed by atoms with Gasteiger partial charge in [0.2, 0.25) is 5.91 Å². The van der Waals surface area contributed by atoms with Crippen molar-refractivity contribution in [3.05, 3.63) is 45.4 Å². The summed E-state index contributed by atoms with van der Waals surface area (Å²) >= 11 is 4.82. The molecule has 8 heteroatoms. The maximum atomic E-state index is 12.9. The summed E-state index contributed by atoms with van der Waals surface area (Å²) in [5.41, 5.74) is 1.54. The van der Waals surface area contributed by atoms with E-state index in [-0.39, 0.29) is 17.9 Å². The van der Waals surface area contributed by atoms with Crippen LogP contribution in [0.3, 0.4) is 0 Å². The summed E-state index contributed by atoms with van der Waals surface area (Å²) in [5, 5.41) is 5.50. The number of carbonyl (C=O) groups is 2. The monoisotopic (exact) mass is 504 g/mol. The number of anilines is 1. The fourth-order valence-corrected chi connectivity index (χ4v) is 5.59. The molecule has 1 aromatic heterocycles. The molecule has 1 aliphatic heterocycles. The third kappa shape index (κ3) is 5.54. The van der Waals surface area contributed by atoms with Crippen LogP contribution in [-0.4, -0.2) is 52.8 Å². The average Bonchev–Trinajstić information content (AvgIpc) is 3.43. The van der Waals surface area contributed by atoms with Gasteiger partial charge >= 0.3 is 0 Å². The van der Waals surface area contributed by atoms with Gasteiger partial charge in [0, 0.05) is 28.5 Å². The summed E-state index contributed by atoms with van der Waals surface area (Å²) in [5.74, 6) is 0.0405. The quantitative estimate of drug-likeness (QED) is 0.595. The Hall–Kier alpha value is -1.77. The Morgan fingerprint density at radius 1 is 1.16 bits per heavy atom. The molecule has 0 bridgehead atoms. The summed E-state index contributed by atoms with van der Waals surface area (Å²) in [7, 11) is 1.96. The number of nitrogens with zero attached hydrogens (tertiary/aromatic N) is 3. The largest absolute Gasteiger partial charge is 0.342 e. The molecule has 2 aromatic rings. The van der Waals surface area contributed by atoms with E-state index < -0.39 is 0 Å². The first-order valence-corrected chi connectivity index (χ1v) is 12.7. The normalized spacial score (nSPS) is 20.0. The average molecular weight is 505 g/mol. The minimum Gasteiger partial charge on any atom is -0.342 e. The number of amides is 2. The Kier molecular flexibility index (Phi) is 7.40. The van der Waals surface area contributed by atoms with E-state index in [4.69, 9.17) is 0 Å². The van der Waals surface area contributed by atoms with Crippen molar-refractivity contribution in [3.8, 4) is 0 Å². The molecule has 6 nitrogen and oxygen atoms in total. The number of likely N-dealkylation sites (N-methyl/N-ethyl adjacent to an activating group) is 1. The van der Waals surface area contributed by atoms with Crippen LogP contribution in [0, 0.1) is 0 Å². The number of nitrogens with one attached hydrogen (secondary N) is 1. The number of carbonyl (C=O) groups excluding carboxylic acids is 2. The van der Waals surface area contributed by atoms with E-state index >= 15 is 0 Å². The standard InChI is InChI=1S/C23H29BrN4O2S/c1-27(18-6-3-2-4-7-18)21(29)14-28-13-5-8-20(28)19-15-31-23(25-19)26-22(30)16-9-11-17(24)12-10-16/h9-12,15,18,20H,2-8,13-14H2,1H3,(H,25,26,30). The first kappa shape index (κ1) is 22.4. The highest BCUT2D eigenvalue weighted by atomic mass is 79.9. The maximum absolute atomic E-state index is 12.9. The fourth-order valence-electron chi connectivity index (χ4n) is 4.57. The SMILES string of the molecule is CN(C(=O)CN1CCCC1c1csc(NC(=O)c2ccc(Br)cc2)n1)C1CCCCC1. The van der Waals surface area contributed by atoms with E-state index in [1.54, 1.807) is 12.1 Å². The number of likely N-dealkylation sites (tertiary alicyclic amines) is 1. The highest BCUT2D eigenvalue weighted by molar-refractivity contribution is 9.10. The van der Waals surface area contributed by atoms with Crippen molar-refractivity contribution in [3.63, 3.8) is 0 Å². The van der Waals surface area contributed by atoms with E-state index in [2.05, 4.69) is 31.1 Å². The molecule has 2 aliphatic rings. The van der Waals surface area contributed by atoms with Crippen molar-refractivity contribution in [1.29, 1.82) is 0 Å². The number of rotatable bonds is 6. The van der Waals surface area contributed by atoms with Gasteiger partial charge in [-0.25, -0.2) is 4.98 Å². The van der Waals surface area contributed by atoms with Crippen LogP contribution in [0.25, 0.3) is 0 Å². The molecule has 166 valence electrons. The van der Waals surface area contributed by atoms with Gasteiger partial charge in [0.25, 0.3) is 5.91 Å². The van der Waals surface area contributed by atoms with Crippen molar-refractivity contribution in [2.75, 3.05) is 25.5 Å². The first-order chi connectivity index (χ1) is 15.0. The third-order valence-corrected chi connectivity index (χ3v) is 7.71. The molecular weight excluding hydrogens is 476 g/mol. The highest BCUT2D eigenvalue weighted by Gasteiger charge is 2.31. The molecule has 1 aliphatic carbocycles. The molecule has 1 N–H and O–H groups in total. The molecule has 31 heavy (non-hydrogen) atoms. The summed E-state index contributed by atoms with van der Waals surface area (Å²) in [6.45, 7) is 1.35. The van der Waals surface area contributed by atoms with Crippen LogP contribution >= 0.6 is 27.3 Å². The third-order valence-electron chi connectivity index (χ3n) is 6.41. The maximum Gasteiger partial charge on any atom is 0.257 e. The Bertz CT molecular complexity index is 911. The van der Waals surface area contributed by atoms with Crippen LogP contribution in [0.15, 0.2) is 34.1 Å². The predicted molar refractivity (Wildman–Crippen MR) is 127 cm³/mol. The lowest BCUT2D eigenvalue weighted by Gasteiger charge is -2.33. The number of hydrogen-bond acceptors (Lipinski definition) is 5. The van der Waals surface area contributed by atoms with Crippen LogP contribution in [-0.2, 0) is 4.79 Å². The Morgan fingerprint density at radius 3 is 2.65 bits per heavy atom.